The predicted octanol–water partition coefficient (Wildman–Crippen LogP) is 3.06. The summed E-state index contributed by atoms with van der Waals surface area (Å²) in [4.78, 5) is 20.7. The number of nitrogens with two attached hydrogens (primary N) is 1. The highest BCUT2D eigenvalue weighted by molar-refractivity contribution is 7.14. The largest absolute Gasteiger partial charge is 0.384 e. The van der Waals surface area contributed by atoms with Gasteiger partial charge in [-0.05, 0) is 24.5 Å². The van der Waals surface area contributed by atoms with Crippen molar-refractivity contribution in [1.29, 1.82) is 0 Å². The van der Waals surface area contributed by atoms with Crippen molar-refractivity contribution in [2.24, 2.45) is 0 Å². The van der Waals surface area contributed by atoms with Gasteiger partial charge in [0.15, 0.2) is 5.13 Å². The van der Waals surface area contributed by atoms with E-state index in [1.807, 2.05) is 12.3 Å². The van der Waals surface area contributed by atoms with Crippen LogP contribution in [0.5, 0.6) is 0 Å². The van der Waals surface area contributed by atoms with E-state index in [1.54, 1.807) is 12.1 Å². The van der Waals surface area contributed by atoms with Crippen LogP contribution in [0.1, 0.15) is 48.4 Å². The van der Waals surface area contributed by atoms with Gasteiger partial charge in [0.2, 0.25) is 0 Å². The lowest BCUT2D eigenvalue weighted by atomic mass is 10.2. The fourth-order valence-electron chi connectivity index (χ4n) is 1.70. The van der Waals surface area contributed by atoms with E-state index < -0.39 is 0 Å². The van der Waals surface area contributed by atoms with E-state index in [9.17, 15) is 4.79 Å². The number of nitrogens with zero attached hydrogens (tertiary/aromatic N) is 2. The van der Waals surface area contributed by atoms with Crippen LogP contribution in [0.25, 0.3) is 0 Å². The molecular formula is C14H18N4OS. The van der Waals surface area contributed by atoms with E-state index in [0.717, 1.165) is 17.8 Å². The van der Waals surface area contributed by atoms with Crippen LogP contribution >= 0.6 is 11.3 Å². The van der Waals surface area contributed by atoms with Crippen LogP contribution in [-0.4, -0.2) is 15.9 Å². The van der Waals surface area contributed by atoms with Crippen molar-refractivity contribution in [2.75, 3.05) is 11.1 Å². The molecule has 0 aliphatic carbocycles. The summed E-state index contributed by atoms with van der Waals surface area (Å²) in [5.74, 6) is 0.495. The number of nitrogens with one attached hydrogen (secondary N) is 1. The summed E-state index contributed by atoms with van der Waals surface area (Å²) in [5.41, 5.74) is 8.00. The smallest absolute Gasteiger partial charge is 0.257 e. The molecule has 2 rings (SSSR count). The summed E-state index contributed by atoms with van der Waals surface area (Å²) in [7, 11) is 0. The molecule has 2 aromatic rings. The number of rotatable bonds is 4. The molecule has 0 radical (unpaired) electrons. The Hall–Kier alpha value is -1.95. The highest BCUT2D eigenvalue weighted by atomic mass is 32.1. The quantitative estimate of drug-likeness (QED) is 0.906. The van der Waals surface area contributed by atoms with Gasteiger partial charge in [-0.15, -0.1) is 11.3 Å². The molecule has 0 fully saturated rings. The Kier molecular flexibility index (Phi) is 4.34. The zero-order valence-electron chi connectivity index (χ0n) is 11.8. The maximum absolute atomic E-state index is 12.2. The lowest BCUT2D eigenvalue weighted by molar-refractivity contribution is 0.102. The molecule has 6 heteroatoms. The fraction of sp³-hybridized carbons (Fsp3) is 0.357. The molecule has 0 aliphatic rings. The zero-order valence-corrected chi connectivity index (χ0v) is 12.6. The van der Waals surface area contributed by atoms with Crippen LogP contribution in [0.15, 0.2) is 17.5 Å². The zero-order chi connectivity index (χ0) is 14.7. The molecule has 106 valence electrons. The summed E-state index contributed by atoms with van der Waals surface area (Å²) in [6.45, 7) is 6.11. The van der Waals surface area contributed by atoms with E-state index in [2.05, 4.69) is 29.1 Å². The number of carbonyl (C=O) groups excluding carboxylic acids is 1. The van der Waals surface area contributed by atoms with Gasteiger partial charge < -0.3 is 5.73 Å². The predicted molar refractivity (Wildman–Crippen MR) is 82.2 cm³/mol. The number of carbonyl (C=O) groups is 1. The highest BCUT2D eigenvalue weighted by Gasteiger charge is 2.12. The van der Waals surface area contributed by atoms with Crippen molar-refractivity contribution in [1.82, 2.24) is 9.97 Å². The number of pyridine rings is 1. The molecule has 0 bridgehead atoms. The SMILES string of the molecule is CCc1cc(C(=O)Nc2nc(C(C)C)cs2)cc(N)n1. The van der Waals surface area contributed by atoms with Crippen molar-refractivity contribution in [2.45, 2.75) is 33.1 Å². The molecule has 0 aromatic carbocycles. The Morgan fingerprint density at radius 2 is 2.15 bits per heavy atom. The molecular weight excluding hydrogens is 272 g/mol. The first-order valence-corrected chi connectivity index (χ1v) is 7.40. The van der Waals surface area contributed by atoms with Gasteiger partial charge in [0, 0.05) is 16.6 Å². The van der Waals surface area contributed by atoms with Crippen molar-refractivity contribution in [3.05, 3.63) is 34.5 Å². The summed E-state index contributed by atoms with van der Waals surface area (Å²) in [6.07, 6.45) is 0.736. The first kappa shape index (κ1) is 14.5. The molecule has 2 aromatic heterocycles. The third kappa shape index (κ3) is 3.33. The maximum Gasteiger partial charge on any atom is 0.257 e. The van der Waals surface area contributed by atoms with Gasteiger partial charge in [-0.3, -0.25) is 10.1 Å². The summed E-state index contributed by atoms with van der Waals surface area (Å²) < 4.78 is 0. The molecule has 0 saturated heterocycles. The number of aryl methyl sites for hydroxylation is 1. The first-order valence-electron chi connectivity index (χ1n) is 6.52. The molecule has 0 saturated carbocycles. The Balaban J connectivity index is 2.16. The highest BCUT2D eigenvalue weighted by Crippen LogP contribution is 2.22. The topological polar surface area (TPSA) is 80.9 Å². The molecule has 20 heavy (non-hydrogen) atoms. The summed E-state index contributed by atoms with van der Waals surface area (Å²) >= 11 is 1.43. The van der Waals surface area contributed by atoms with Crippen molar-refractivity contribution < 1.29 is 4.79 Å². The summed E-state index contributed by atoms with van der Waals surface area (Å²) in [6, 6.07) is 3.33. The monoisotopic (exact) mass is 290 g/mol. The number of nitrogen functional groups attached to an aromatic ring is 1. The van der Waals surface area contributed by atoms with Crippen LogP contribution in [0.3, 0.4) is 0 Å². The number of anilines is 2. The summed E-state index contributed by atoms with van der Waals surface area (Å²) in [5, 5.41) is 5.36. The van der Waals surface area contributed by atoms with Gasteiger partial charge >= 0.3 is 0 Å². The Morgan fingerprint density at radius 3 is 2.75 bits per heavy atom. The van der Waals surface area contributed by atoms with E-state index in [-0.39, 0.29) is 5.91 Å². The number of thiazole rings is 1. The van der Waals surface area contributed by atoms with Gasteiger partial charge in [0.1, 0.15) is 5.82 Å². The molecule has 0 spiro atoms. The van der Waals surface area contributed by atoms with E-state index in [1.165, 1.54) is 11.3 Å². The molecule has 0 unspecified atom stereocenters. The van der Waals surface area contributed by atoms with Crippen molar-refractivity contribution >= 4 is 28.2 Å². The molecule has 1 amide bonds. The standard InChI is InChI=1S/C14H18N4OS/c1-4-10-5-9(6-12(15)16-10)13(19)18-14-17-11(7-20-14)8(2)3/h5-8H,4H2,1-3H3,(H2,15,16)(H,17,18,19). The van der Waals surface area contributed by atoms with E-state index in [4.69, 9.17) is 5.73 Å². The second kappa shape index (κ2) is 6.00. The average molecular weight is 290 g/mol. The third-order valence-electron chi connectivity index (χ3n) is 2.86. The van der Waals surface area contributed by atoms with Crippen LogP contribution in [-0.2, 0) is 6.42 Å². The van der Waals surface area contributed by atoms with Crippen LogP contribution < -0.4 is 11.1 Å². The van der Waals surface area contributed by atoms with Crippen molar-refractivity contribution in [3.63, 3.8) is 0 Å². The minimum atomic E-state index is -0.210. The van der Waals surface area contributed by atoms with Gasteiger partial charge in [-0.2, -0.15) is 0 Å². The third-order valence-corrected chi connectivity index (χ3v) is 3.63. The second-order valence-electron chi connectivity index (χ2n) is 4.81. The second-order valence-corrected chi connectivity index (χ2v) is 5.67. The van der Waals surface area contributed by atoms with Crippen molar-refractivity contribution in [3.8, 4) is 0 Å². The van der Waals surface area contributed by atoms with Crippen LogP contribution in [0.2, 0.25) is 0 Å². The van der Waals surface area contributed by atoms with Gasteiger partial charge in [0.05, 0.1) is 5.69 Å². The lowest BCUT2D eigenvalue weighted by Gasteiger charge is -2.05. The number of aromatic nitrogens is 2. The first-order chi connectivity index (χ1) is 9.49. The Labute approximate surface area is 122 Å². The molecule has 0 atom stereocenters. The van der Waals surface area contributed by atoms with E-state index >= 15 is 0 Å². The minimum absolute atomic E-state index is 0.210. The molecule has 0 aliphatic heterocycles. The Bertz CT molecular complexity index is 621. The van der Waals surface area contributed by atoms with Gasteiger partial charge in [-0.1, -0.05) is 20.8 Å². The average Bonchev–Trinajstić information content (AvgIpc) is 2.86. The maximum atomic E-state index is 12.2. The lowest BCUT2D eigenvalue weighted by Crippen LogP contribution is -2.13. The van der Waals surface area contributed by atoms with Gasteiger partial charge in [-0.25, -0.2) is 9.97 Å². The normalized spacial score (nSPS) is 10.8. The fourth-order valence-corrected chi connectivity index (χ4v) is 2.57. The van der Waals surface area contributed by atoms with Gasteiger partial charge in [0.25, 0.3) is 5.91 Å². The number of hydrogen-bond acceptors (Lipinski definition) is 5. The number of amides is 1. The molecule has 5 nitrogen and oxygen atoms in total. The molecule has 3 N–H and O–H groups in total. The minimum Gasteiger partial charge on any atom is -0.384 e. The van der Waals surface area contributed by atoms with Crippen LogP contribution in [0.4, 0.5) is 10.9 Å². The van der Waals surface area contributed by atoms with E-state index in [0.29, 0.717) is 22.4 Å². The molecule has 2 heterocycles. The number of hydrogen-bond donors (Lipinski definition) is 2. The van der Waals surface area contributed by atoms with Crippen LogP contribution in [0, 0.1) is 0 Å². The Morgan fingerprint density at radius 1 is 1.40 bits per heavy atom.